The standard InChI is InChI=1S/C4H9NO2S.CH4O/c5-3(1-2-8)4(6)7;1-2/h3,8H,1-2,5H2,(H,6,7);2H,1H3. The van der Waals surface area contributed by atoms with Gasteiger partial charge in [0, 0.05) is 7.11 Å². The van der Waals surface area contributed by atoms with Crippen LogP contribution in [0.15, 0.2) is 0 Å². The van der Waals surface area contributed by atoms with E-state index in [1.807, 2.05) is 0 Å². The van der Waals surface area contributed by atoms with Crippen LogP contribution in [0.4, 0.5) is 0 Å². The van der Waals surface area contributed by atoms with Gasteiger partial charge in [-0.05, 0) is 12.2 Å². The average Bonchev–Trinajstić information content (AvgIpc) is 1.93. The largest absolute Gasteiger partial charge is 0.480 e. The Bertz CT molecular complexity index is 89.0. The first-order chi connectivity index (χ1) is 4.68. The van der Waals surface area contributed by atoms with Gasteiger partial charge in [0.25, 0.3) is 0 Å². The summed E-state index contributed by atoms with van der Waals surface area (Å²) in [5.41, 5.74) is 5.08. The normalized spacial score (nSPS) is 11.2. The van der Waals surface area contributed by atoms with Crippen molar-refractivity contribution in [2.45, 2.75) is 12.5 Å². The zero-order valence-corrected chi connectivity index (χ0v) is 6.71. The molecule has 0 aliphatic heterocycles. The third kappa shape index (κ3) is 7.74. The van der Waals surface area contributed by atoms with E-state index < -0.39 is 12.0 Å². The summed E-state index contributed by atoms with van der Waals surface area (Å²) in [4.78, 5) is 9.93. The number of hydrogen-bond donors (Lipinski definition) is 4. The summed E-state index contributed by atoms with van der Waals surface area (Å²) < 4.78 is 0. The molecule has 4 N–H and O–H groups in total. The van der Waals surface area contributed by atoms with Crippen molar-refractivity contribution < 1.29 is 15.0 Å². The Balaban J connectivity index is 0. The van der Waals surface area contributed by atoms with Crippen LogP contribution in [0.2, 0.25) is 0 Å². The number of carboxylic acid groups (broad SMARTS) is 1. The predicted octanol–water partition coefficient (Wildman–Crippen LogP) is -0.673. The van der Waals surface area contributed by atoms with Gasteiger partial charge >= 0.3 is 5.97 Å². The number of thiol groups is 1. The molecule has 62 valence electrons. The van der Waals surface area contributed by atoms with Crippen LogP contribution in [0.1, 0.15) is 6.42 Å². The summed E-state index contributed by atoms with van der Waals surface area (Å²) in [6, 6.07) is -0.743. The molecule has 0 aromatic rings. The first-order valence-corrected chi connectivity index (χ1v) is 3.35. The van der Waals surface area contributed by atoms with Crippen molar-refractivity contribution in [2.24, 2.45) is 5.73 Å². The van der Waals surface area contributed by atoms with Crippen molar-refractivity contribution in [1.29, 1.82) is 0 Å². The number of nitrogens with two attached hydrogens (primary N) is 1. The first kappa shape index (κ1) is 12.4. The molecular weight excluding hydrogens is 154 g/mol. The summed E-state index contributed by atoms with van der Waals surface area (Å²) in [7, 11) is 1.00. The van der Waals surface area contributed by atoms with Crippen LogP contribution in [0.25, 0.3) is 0 Å². The lowest BCUT2D eigenvalue weighted by atomic mass is 10.2. The second-order valence-corrected chi connectivity index (χ2v) is 1.90. The first-order valence-electron chi connectivity index (χ1n) is 2.72. The third-order valence-electron chi connectivity index (χ3n) is 0.757. The van der Waals surface area contributed by atoms with E-state index in [0.717, 1.165) is 7.11 Å². The van der Waals surface area contributed by atoms with E-state index in [2.05, 4.69) is 12.6 Å². The number of hydrogen-bond acceptors (Lipinski definition) is 4. The van der Waals surface area contributed by atoms with Crippen LogP contribution in [0.3, 0.4) is 0 Å². The maximum absolute atomic E-state index is 9.93. The Morgan fingerprint density at radius 3 is 2.20 bits per heavy atom. The Hall–Kier alpha value is -0.260. The number of carboxylic acids is 1. The number of aliphatic hydroxyl groups is 1. The summed E-state index contributed by atoms with van der Waals surface area (Å²) in [5, 5.41) is 15.2. The van der Waals surface area contributed by atoms with Gasteiger partial charge in [-0.25, -0.2) is 0 Å². The molecule has 0 rings (SSSR count). The van der Waals surface area contributed by atoms with Crippen LogP contribution in [-0.4, -0.2) is 35.1 Å². The van der Waals surface area contributed by atoms with Crippen molar-refractivity contribution in [3.05, 3.63) is 0 Å². The summed E-state index contributed by atoms with van der Waals surface area (Å²) in [5.74, 6) is -0.438. The van der Waals surface area contributed by atoms with Crippen LogP contribution < -0.4 is 5.73 Å². The third-order valence-corrected chi connectivity index (χ3v) is 1.02. The maximum Gasteiger partial charge on any atom is 0.320 e. The van der Waals surface area contributed by atoms with Crippen LogP contribution in [0.5, 0.6) is 0 Å². The Morgan fingerprint density at radius 1 is 1.70 bits per heavy atom. The second-order valence-electron chi connectivity index (χ2n) is 1.46. The number of carbonyl (C=O) groups is 1. The molecule has 0 spiro atoms. The lowest BCUT2D eigenvalue weighted by Crippen LogP contribution is -2.30. The van der Waals surface area contributed by atoms with Crippen molar-refractivity contribution in [2.75, 3.05) is 12.9 Å². The second kappa shape index (κ2) is 8.74. The fraction of sp³-hybridized carbons (Fsp3) is 0.800. The lowest BCUT2D eigenvalue weighted by Gasteiger charge is -2.00. The van der Waals surface area contributed by atoms with E-state index in [4.69, 9.17) is 15.9 Å². The van der Waals surface area contributed by atoms with Crippen LogP contribution >= 0.6 is 12.6 Å². The quantitative estimate of drug-likeness (QED) is 0.420. The minimum atomic E-state index is -0.959. The predicted molar refractivity (Wildman–Crippen MR) is 42.2 cm³/mol. The molecule has 0 heterocycles. The van der Waals surface area contributed by atoms with E-state index in [-0.39, 0.29) is 0 Å². The SMILES string of the molecule is CO.NC(CCS)C(=O)O. The highest BCUT2D eigenvalue weighted by atomic mass is 32.1. The van der Waals surface area contributed by atoms with Crippen LogP contribution in [-0.2, 0) is 4.79 Å². The summed E-state index contributed by atoms with van der Waals surface area (Å²) >= 11 is 3.81. The number of rotatable bonds is 3. The van der Waals surface area contributed by atoms with Crippen LogP contribution in [0, 0.1) is 0 Å². The monoisotopic (exact) mass is 167 g/mol. The van der Waals surface area contributed by atoms with E-state index in [0.29, 0.717) is 12.2 Å². The van der Waals surface area contributed by atoms with Gasteiger partial charge in [-0.15, -0.1) is 0 Å². The van der Waals surface area contributed by atoms with Gasteiger partial charge in [-0.2, -0.15) is 12.6 Å². The molecule has 0 saturated heterocycles. The Labute approximate surface area is 65.4 Å². The fourth-order valence-corrected chi connectivity index (χ4v) is 0.541. The smallest absolute Gasteiger partial charge is 0.320 e. The number of aliphatic carboxylic acids is 1. The van der Waals surface area contributed by atoms with Gasteiger partial charge in [0.05, 0.1) is 0 Å². The Kier molecular flexibility index (Phi) is 10.9. The van der Waals surface area contributed by atoms with E-state index in [1.54, 1.807) is 0 Å². The molecule has 1 atom stereocenters. The van der Waals surface area contributed by atoms with E-state index in [1.165, 1.54) is 0 Å². The van der Waals surface area contributed by atoms with Gasteiger partial charge in [-0.3, -0.25) is 4.79 Å². The number of aliphatic hydroxyl groups excluding tert-OH is 1. The molecule has 0 radical (unpaired) electrons. The highest BCUT2D eigenvalue weighted by Gasteiger charge is 2.08. The maximum atomic E-state index is 9.93. The van der Waals surface area contributed by atoms with E-state index >= 15 is 0 Å². The topological polar surface area (TPSA) is 83.5 Å². The van der Waals surface area contributed by atoms with Gasteiger partial charge in [0.2, 0.25) is 0 Å². The highest BCUT2D eigenvalue weighted by molar-refractivity contribution is 7.80. The summed E-state index contributed by atoms with van der Waals surface area (Å²) in [6.45, 7) is 0. The molecule has 0 fully saturated rings. The Morgan fingerprint density at radius 2 is 2.10 bits per heavy atom. The van der Waals surface area contributed by atoms with Crippen molar-refractivity contribution in [3.63, 3.8) is 0 Å². The highest BCUT2D eigenvalue weighted by Crippen LogP contribution is 1.88. The molecule has 0 bridgehead atoms. The van der Waals surface area contributed by atoms with Crippen molar-refractivity contribution >= 4 is 18.6 Å². The average molecular weight is 167 g/mol. The molecular formula is C5H13NO3S. The molecule has 0 amide bonds. The molecule has 10 heavy (non-hydrogen) atoms. The minimum Gasteiger partial charge on any atom is -0.480 e. The van der Waals surface area contributed by atoms with Gasteiger partial charge in [0.15, 0.2) is 0 Å². The molecule has 0 aromatic carbocycles. The molecule has 4 nitrogen and oxygen atoms in total. The molecule has 0 aromatic heterocycles. The van der Waals surface area contributed by atoms with Gasteiger partial charge in [0.1, 0.15) is 6.04 Å². The lowest BCUT2D eigenvalue weighted by molar-refractivity contribution is -0.138. The van der Waals surface area contributed by atoms with Crippen molar-refractivity contribution in [3.8, 4) is 0 Å². The molecule has 0 saturated carbocycles. The van der Waals surface area contributed by atoms with E-state index in [9.17, 15) is 4.79 Å². The minimum absolute atomic E-state index is 0.429. The van der Waals surface area contributed by atoms with Crippen molar-refractivity contribution in [1.82, 2.24) is 0 Å². The van der Waals surface area contributed by atoms with Gasteiger partial charge in [-0.1, -0.05) is 0 Å². The van der Waals surface area contributed by atoms with Gasteiger partial charge < -0.3 is 15.9 Å². The molecule has 0 aliphatic rings. The molecule has 0 aliphatic carbocycles. The zero-order valence-electron chi connectivity index (χ0n) is 5.82. The molecule has 1 unspecified atom stereocenters. The zero-order chi connectivity index (χ0) is 8.57. The molecule has 5 heteroatoms. The fourth-order valence-electron chi connectivity index (χ4n) is 0.263. The summed E-state index contributed by atoms with van der Waals surface area (Å²) in [6.07, 6.45) is 0.429.